The number of aliphatic hydroxyl groups excluding tert-OH is 1. The first-order chi connectivity index (χ1) is 9.40. The van der Waals surface area contributed by atoms with Gasteiger partial charge in [-0.3, -0.25) is 0 Å². The summed E-state index contributed by atoms with van der Waals surface area (Å²) in [6.45, 7) is -0.139. The Labute approximate surface area is 120 Å². The van der Waals surface area contributed by atoms with Gasteiger partial charge in [0.15, 0.2) is 0 Å². The van der Waals surface area contributed by atoms with Crippen LogP contribution in [0.3, 0.4) is 0 Å². The van der Waals surface area contributed by atoms with Gasteiger partial charge in [0, 0.05) is 6.54 Å². The van der Waals surface area contributed by atoms with E-state index < -0.39 is 16.1 Å². The van der Waals surface area contributed by atoms with Crippen LogP contribution in [-0.2, 0) is 10.0 Å². The van der Waals surface area contributed by atoms with E-state index in [1.54, 1.807) is 16.8 Å². The average molecular weight is 314 g/mol. The molecular formula is C12H14N2O4S2. The second-order valence-electron chi connectivity index (χ2n) is 4.15. The Balaban J connectivity index is 2.09. The molecule has 0 bridgehead atoms. The number of phenols is 1. The van der Waals surface area contributed by atoms with Crippen molar-refractivity contribution >= 4 is 27.0 Å². The molecule has 0 amide bonds. The van der Waals surface area contributed by atoms with Crippen molar-refractivity contribution in [1.82, 2.24) is 4.72 Å². The van der Waals surface area contributed by atoms with Crippen molar-refractivity contribution in [3.8, 4) is 5.75 Å². The summed E-state index contributed by atoms with van der Waals surface area (Å²) >= 11 is 1.42. The molecule has 6 nitrogen and oxygen atoms in total. The summed E-state index contributed by atoms with van der Waals surface area (Å²) in [4.78, 5) is -0.0645. The second-order valence-corrected chi connectivity index (χ2v) is 6.69. The molecule has 0 aliphatic carbocycles. The van der Waals surface area contributed by atoms with E-state index in [1.807, 2.05) is 0 Å². The molecule has 0 spiro atoms. The second kappa shape index (κ2) is 5.80. The van der Waals surface area contributed by atoms with Crippen LogP contribution in [0, 0.1) is 0 Å². The van der Waals surface area contributed by atoms with E-state index in [0.29, 0.717) is 5.56 Å². The van der Waals surface area contributed by atoms with Crippen molar-refractivity contribution in [2.75, 3.05) is 12.3 Å². The zero-order chi connectivity index (χ0) is 14.8. The van der Waals surface area contributed by atoms with Gasteiger partial charge in [-0.25, -0.2) is 13.1 Å². The van der Waals surface area contributed by atoms with Gasteiger partial charge in [0.05, 0.1) is 16.7 Å². The largest absolute Gasteiger partial charge is 0.506 e. The molecule has 2 rings (SSSR count). The number of aliphatic hydroxyl groups is 1. The minimum Gasteiger partial charge on any atom is -0.506 e. The van der Waals surface area contributed by atoms with Crippen molar-refractivity contribution in [3.63, 3.8) is 0 Å². The van der Waals surface area contributed by atoms with Gasteiger partial charge >= 0.3 is 0 Å². The summed E-state index contributed by atoms with van der Waals surface area (Å²) in [7, 11) is -3.78. The van der Waals surface area contributed by atoms with Crippen LogP contribution in [0.15, 0.2) is 39.9 Å². The van der Waals surface area contributed by atoms with Gasteiger partial charge in [-0.2, -0.15) is 11.3 Å². The molecule has 2 aromatic rings. The molecule has 1 heterocycles. The van der Waals surface area contributed by atoms with Gasteiger partial charge in [-0.15, -0.1) is 0 Å². The molecule has 0 radical (unpaired) electrons. The SMILES string of the molecule is Nc1cc(S(=O)(=O)NCC(O)c2ccsc2)ccc1O. The quantitative estimate of drug-likeness (QED) is 0.487. The molecule has 1 aromatic carbocycles. The first-order valence-electron chi connectivity index (χ1n) is 5.68. The lowest BCUT2D eigenvalue weighted by Crippen LogP contribution is -2.28. The van der Waals surface area contributed by atoms with Crippen molar-refractivity contribution in [3.05, 3.63) is 40.6 Å². The minimum atomic E-state index is -3.78. The molecule has 5 N–H and O–H groups in total. The fraction of sp³-hybridized carbons (Fsp3) is 0.167. The minimum absolute atomic E-state index is 0.0220. The van der Waals surface area contributed by atoms with Crippen LogP contribution in [0.4, 0.5) is 5.69 Å². The number of hydrogen-bond acceptors (Lipinski definition) is 6. The first-order valence-corrected chi connectivity index (χ1v) is 8.11. The zero-order valence-electron chi connectivity index (χ0n) is 10.4. The third-order valence-corrected chi connectivity index (χ3v) is 4.83. The normalized spacial score (nSPS) is 13.2. The summed E-state index contributed by atoms with van der Waals surface area (Å²) in [6, 6.07) is 5.33. The molecule has 0 aliphatic rings. The number of hydrogen-bond donors (Lipinski definition) is 4. The molecule has 0 aliphatic heterocycles. The van der Waals surface area contributed by atoms with Crippen molar-refractivity contribution in [2.24, 2.45) is 0 Å². The number of nitrogens with one attached hydrogen (secondary N) is 1. The topological polar surface area (TPSA) is 113 Å². The molecule has 20 heavy (non-hydrogen) atoms. The van der Waals surface area contributed by atoms with Crippen LogP contribution >= 0.6 is 11.3 Å². The average Bonchev–Trinajstić information content (AvgIpc) is 2.93. The lowest BCUT2D eigenvalue weighted by Gasteiger charge is -2.11. The summed E-state index contributed by atoms with van der Waals surface area (Å²) < 4.78 is 26.3. The van der Waals surface area contributed by atoms with Crippen LogP contribution < -0.4 is 10.5 Å². The molecular weight excluding hydrogens is 300 g/mol. The number of rotatable bonds is 5. The third-order valence-electron chi connectivity index (χ3n) is 2.70. The maximum absolute atomic E-state index is 12.0. The predicted molar refractivity (Wildman–Crippen MR) is 77.0 cm³/mol. The van der Waals surface area contributed by atoms with E-state index in [9.17, 15) is 18.6 Å². The zero-order valence-corrected chi connectivity index (χ0v) is 12.0. The maximum Gasteiger partial charge on any atom is 0.240 e. The highest BCUT2D eigenvalue weighted by Gasteiger charge is 2.17. The van der Waals surface area contributed by atoms with E-state index in [2.05, 4.69) is 4.72 Å². The van der Waals surface area contributed by atoms with Crippen molar-refractivity contribution in [1.29, 1.82) is 0 Å². The van der Waals surface area contributed by atoms with E-state index >= 15 is 0 Å². The van der Waals surface area contributed by atoms with Crippen LogP contribution in [0.5, 0.6) is 5.75 Å². The molecule has 8 heteroatoms. The maximum atomic E-state index is 12.0. The number of anilines is 1. The summed E-state index contributed by atoms with van der Waals surface area (Å²) in [6.07, 6.45) is -0.912. The first kappa shape index (κ1) is 14.8. The van der Waals surface area contributed by atoms with Crippen LogP contribution in [0.1, 0.15) is 11.7 Å². The van der Waals surface area contributed by atoms with Crippen LogP contribution in [0.2, 0.25) is 0 Å². The van der Waals surface area contributed by atoms with Gasteiger partial charge in [0.2, 0.25) is 10.0 Å². The Morgan fingerprint density at radius 1 is 1.35 bits per heavy atom. The lowest BCUT2D eigenvalue weighted by molar-refractivity contribution is 0.182. The Morgan fingerprint density at radius 3 is 2.70 bits per heavy atom. The Morgan fingerprint density at radius 2 is 2.10 bits per heavy atom. The number of benzene rings is 1. The lowest BCUT2D eigenvalue weighted by atomic mass is 10.2. The molecule has 1 atom stereocenters. The third kappa shape index (κ3) is 3.28. The smallest absolute Gasteiger partial charge is 0.240 e. The molecule has 0 saturated heterocycles. The molecule has 0 saturated carbocycles. The Hall–Kier alpha value is -1.61. The molecule has 1 unspecified atom stereocenters. The van der Waals surface area contributed by atoms with Gasteiger partial charge < -0.3 is 15.9 Å². The number of thiophene rings is 1. The van der Waals surface area contributed by atoms with E-state index in [1.165, 1.54) is 23.5 Å². The van der Waals surface area contributed by atoms with Crippen LogP contribution in [-0.4, -0.2) is 25.2 Å². The Kier molecular flexibility index (Phi) is 4.29. The number of nitrogens with two attached hydrogens (primary N) is 1. The van der Waals surface area contributed by atoms with Gasteiger partial charge in [0.25, 0.3) is 0 Å². The highest BCUT2D eigenvalue weighted by molar-refractivity contribution is 7.89. The van der Waals surface area contributed by atoms with Crippen LogP contribution in [0.25, 0.3) is 0 Å². The summed E-state index contributed by atoms with van der Waals surface area (Å²) in [5.41, 5.74) is 6.09. The highest BCUT2D eigenvalue weighted by Crippen LogP contribution is 2.23. The fourth-order valence-corrected chi connectivity index (χ4v) is 3.33. The number of sulfonamides is 1. The number of phenolic OH excluding ortho intramolecular Hbond substituents is 1. The molecule has 0 fully saturated rings. The van der Waals surface area contributed by atoms with Gasteiger partial charge in [0.1, 0.15) is 5.75 Å². The predicted octanol–water partition coefficient (Wildman–Crippen LogP) is 1.05. The van der Waals surface area contributed by atoms with E-state index in [-0.39, 0.29) is 22.9 Å². The molecule has 108 valence electrons. The standard InChI is InChI=1S/C12H14N2O4S2/c13-10-5-9(1-2-11(10)15)20(17,18)14-6-12(16)8-3-4-19-7-8/h1-5,7,12,14-16H,6,13H2. The van der Waals surface area contributed by atoms with Crippen molar-refractivity contribution < 1.29 is 18.6 Å². The van der Waals surface area contributed by atoms with Gasteiger partial charge in [-0.1, -0.05) is 0 Å². The Bertz CT molecular complexity index is 683. The summed E-state index contributed by atoms with van der Waals surface area (Å²) in [5, 5.41) is 22.7. The van der Waals surface area contributed by atoms with Gasteiger partial charge in [-0.05, 0) is 40.6 Å². The molecule has 1 aromatic heterocycles. The monoisotopic (exact) mass is 314 g/mol. The van der Waals surface area contributed by atoms with E-state index in [0.717, 1.165) is 6.07 Å². The summed E-state index contributed by atoms with van der Waals surface area (Å²) in [5.74, 6) is -0.178. The highest BCUT2D eigenvalue weighted by atomic mass is 32.2. The fourth-order valence-electron chi connectivity index (χ4n) is 1.55. The van der Waals surface area contributed by atoms with Crippen molar-refractivity contribution in [2.45, 2.75) is 11.0 Å². The number of aromatic hydroxyl groups is 1. The van der Waals surface area contributed by atoms with E-state index in [4.69, 9.17) is 5.73 Å². The number of nitrogen functional groups attached to an aromatic ring is 1.